The largest absolute Gasteiger partial charge is 0.354 e. The van der Waals surface area contributed by atoms with Crippen LogP contribution in [0.3, 0.4) is 0 Å². The molecule has 2 heterocycles. The molecule has 20 heavy (non-hydrogen) atoms. The van der Waals surface area contributed by atoms with Crippen molar-refractivity contribution in [3.05, 3.63) is 12.2 Å². The molecule has 0 bridgehead atoms. The molecule has 2 N–H and O–H groups in total. The van der Waals surface area contributed by atoms with Crippen LogP contribution in [0.15, 0.2) is 10.9 Å². The monoisotopic (exact) mass is 278 g/mol. The molecule has 0 unspecified atom stereocenters. The maximum Gasteiger partial charge on any atom is 0.231 e. The minimum atomic E-state index is 0.513. The van der Waals surface area contributed by atoms with Gasteiger partial charge in [-0.2, -0.15) is 19.9 Å². The molecule has 0 aliphatic heterocycles. The number of anilines is 3. The lowest BCUT2D eigenvalue weighted by molar-refractivity contribution is 0.379. The maximum atomic E-state index is 4.92. The molecule has 0 spiro atoms. The second-order valence-corrected chi connectivity index (χ2v) is 4.22. The molecule has 0 aliphatic carbocycles. The van der Waals surface area contributed by atoms with Crippen molar-refractivity contribution < 1.29 is 4.52 Å². The van der Waals surface area contributed by atoms with Crippen molar-refractivity contribution in [2.45, 2.75) is 13.3 Å². The van der Waals surface area contributed by atoms with Gasteiger partial charge in [0.2, 0.25) is 23.7 Å². The van der Waals surface area contributed by atoms with Gasteiger partial charge in [-0.15, -0.1) is 0 Å². The zero-order valence-corrected chi connectivity index (χ0v) is 11.8. The first-order valence-electron chi connectivity index (χ1n) is 6.35. The molecule has 0 amide bonds. The van der Waals surface area contributed by atoms with Crippen LogP contribution in [0.25, 0.3) is 0 Å². The molecule has 0 fully saturated rings. The molecule has 9 heteroatoms. The van der Waals surface area contributed by atoms with Crippen LogP contribution in [-0.2, 0) is 6.42 Å². The van der Waals surface area contributed by atoms with Gasteiger partial charge in [-0.25, -0.2) is 0 Å². The lowest BCUT2D eigenvalue weighted by Gasteiger charge is -2.13. The second-order valence-electron chi connectivity index (χ2n) is 4.22. The Bertz CT molecular complexity index is 527. The average molecular weight is 278 g/mol. The first-order chi connectivity index (χ1) is 9.69. The molecule has 9 nitrogen and oxygen atoms in total. The summed E-state index contributed by atoms with van der Waals surface area (Å²) in [5, 5.41) is 9.75. The summed E-state index contributed by atoms with van der Waals surface area (Å²) in [5.74, 6) is 2.23. The Morgan fingerprint density at radius 2 is 1.90 bits per heavy atom. The molecule has 0 aromatic carbocycles. The molecular formula is C11H18N8O. The third-order valence-electron chi connectivity index (χ3n) is 2.39. The summed E-state index contributed by atoms with van der Waals surface area (Å²) in [6, 6.07) is 0. The predicted molar refractivity (Wildman–Crippen MR) is 74.8 cm³/mol. The van der Waals surface area contributed by atoms with Gasteiger partial charge in [-0.1, -0.05) is 5.16 Å². The van der Waals surface area contributed by atoms with Gasteiger partial charge in [0.25, 0.3) is 0 Å². The lowest BCUT2D eigenvalue weighted by atomic mass is 10.4. The lowest BCUT2D eigenvalue weighted by Crippen LogP contribution is -2.17. The van der Waals surface area contributed by atoms with Gasteiger partial charge in [-0.3, -0.25) is 0 Å². The van der Waals surface area contributed by atoms with Crippen LogP contribution >= 0.6 is 0 Å². The van der Waals surface area contributed by atoms with Crippen molar-refractivity contribution in [2.24, 2.45) is 0 Å². The SMILES string of the molecule is CCNc1nc(NCCc2ncno2)nc(N(C)C)n1. The second kappa shape index (κ2) is 6.64. The normalized spacial score (nSPS) is 10.3. The topological polar surface area (TPSA) is 105 Å². The highest BCUT2D eigenvalue weighted by molar-refractivity contribution is 5.42. The number of nitrogens with zero attached hydrogens (tertiary/aromatic N) is 6. The summed E-state index contributed by atoms with van der Waals surface area (Å²) in [5.41, 5.74) is 0. The van der Waals surface area contributed by atoms with E-state index < -0.39 is 0 Å². The van der Waals surface area contributed by atoms with Crippen LogP contribution in [0.2, 0.25) is 0 Å². The number of aromatic nitrogens is 5. The van der Waals surface area contributed by atoms with Crippen molar-refractivity contribution in [2.75, 3.05) is 42.7 Å². The third kappa shape index (κ3) is 3.77. The Morgan fingerprint density at radius 3 is 2.50 bits per heavy atom. The van der Waals surface area contributed by atoms with Gasteiger partial charge in [-0.05, 0) is 6.92 Å². The van der Waals surface area contributed by atoms with Crippen LogP contribution in [0, 0.1) is 0 Å². The Labute approximate surface area is 116 Å². The molecule has 0 saturated heterocycles. The van der Waals surface area contributed by atoms with Crippen LogP contribution in [0.5, 0.6) is 0 Å². The van der Waals surface area contributed by atoms with Crippen LogP contribution in [-0.4, -0.2) is 52.3 Å². The van der Waals surface area contributed by atoms with Crippen molar-refractivity contribution in [1.82, 2.24) is 25.1 Å². The summed E-state index contributed by atoms with van der Waals surface area (Å²) in [4.78, 5) is 18.7. The molecule has 0 radical (unpaired) electrons. The summed E-state index contributed by atoms with van der Waals surface area (Å²) >= 11 is 0. The summed E-state index contributed by atoms with van der Waals surface area (Å²) in [6.45, 7) is 3.34. The van der Waals surface area contributed by atoms with Crippen LogP contribution in [0.4, 0.5) is 17.8 Å². The van der Waals surface area contributed by atoms with Crippen molar-refractivity contribution in [3.63, 3.8) is 0 Å². The minimum Gasteiger partial charge on any atom is -0.354 e. The van der Waals surface area contributed by atoms with Gasteiger partial charge >= 0.3 is 0 Å². The summed E-state index contributed by atoms with van der Waals surface area (Å²) in [7, 11) is 3.76. The van der Waals surface area contributed by atoms with E-state index in [9.17, 15) is 0 Å². The molecule has 2 aromatic rings. The van der Waals surface area contributed by atoms with E-state index in [0.29, 0.717) is 36.7 Å². The molecule has 0 aliphatic rings. The number of nitrogens with one attached hydrogen (secondary N) is 2. The van der Waals surface area contributed by atoms with Gasteiger partial charge in [0, 0.05) is 33.6 Å². The maximum absolute atomic E-state index is 4.92. The number of rotatable bonds is 7. The Morgan fingerprint density at radius 1 is 1.15 bits per heavy atom. The predicted octanol–water partition coefficient (Wildman–Crippen LogP) is 0.407. The summed E-state index contributed by atoms with van der Waals surface area (Å²) in [6.07, 6.45) is 1.99. The highest BCUT2D eigenvalue weighted by Crippen LogP contribution is 2.11. The van der Waals surface area contributed by atoms with Gasteiger partial charge < -0.3 is 20.1 Å². The first kappa shape index (κ1) is 14.0. The number of hydrogen-bond acceptors (Lipinski definition) is 9. The van der Waals surface area contributed by atoms with Crippen molar-refractivity contribution in [3.8, 4) is 0 Å². The van der Waals surface area contributed by atoms with Gasteiger partial charge in [0.15, 0.2) is 6.33 Å². The van der Waals surface area contributed by atoms with E-state index in [-0.39, 0.29) is 0 Å². The molecule has 0 atom stereocenters. The fourth-order valence-electron chi connectivity index (χ4n) is 1.47. The van der Waals surface area contributed by atoms with E-state index in [1.165, 1.54) is 6.33 Å². The quantitative estimate of drug-likeness (QED) is 0.744. The Balaban J connectivity index is 2.01. The smallest absolute Gasteiger partial charge is 0.231 e. The highest BCUT2D eigenvalue weighted by atomic mass is 16.5. The van der Waals surface area contributed by atoms with E-state index in [1.54, 1.807) is 0 Å². The minimum absolute atomic E-state index is 0.513. The van der Waals surface area contributed by atoms with Crippen molar-refractivity contribution >= 4 is 17.8 Å². The van der Waals surface area contributed by atoms with Gasteiger partial charge in [0.1, 0.15) is 0 Å². The molecule has 108 valence electrons. The molecule has 2 rings (SSSR count). The van der Waals surface area contributed by atoms with Crippen LogP contribution in [0.1, 0.15) is 12.8 Å². The zero-order valence-electron chi connectivity index (χ0n) is 11.8. The Hall–Kier alpha value is -2.45. The number of hydrogen-bond donors (Lipinski definition) is 2. The van der Waals surface area contributed by atoms with Crippen LogP contribution < -0.4 is 15.5 Å². The third-order valence-corrected chi connectivity index (χ3v) is 2.39. The van der Waals surface area contributed by atoms with E-state index in [2.05, 4.69) is 35.7 Å². The average Bonchev–Trinajstić information content (AvgIpc) is 2.92. The van der Waals surface area contributed by atoms with E-state index in [1.807, 2.05) is 25.9 Å². The molecular weight excluding hydrogens is 260 g/mol. The molecule has 0 saturated carbocycles. The zero-order chi connectivity index (χ0) is 14.4. The summed E-state index contributed by atoms with van der Waals surface area (Å²) < 4.78 is 4.92. The van der Waals surface area contributed by atoms with Gasteiger partial charge in [0.05, 0.1) is 0 Å². The standard InChI is InChI=1S/C11H18N8O/c1-4-12-9-16-10(18-11(17-9)19(2)3)13-6-5-8-14-7-15-20-8/h7H,4-6H2,1-3H3,(H2,12,13,16,17,18). The first-order valence-corrected chi connectivity index (χ1v) is 6.35. The van der Waals surface area contributed by atoms with Crippen molar-refractivity contribution in [1.29, 1.82) is 0 Å². The molecule has 2 aromatic heterocycles. The Kier molecular flexibility index (Phi) is 4.64. The van der Waals surface area contributed by atoms with E-state index in [4.69, 9.17) is 4.52 Å². The fraction of sp³-hybridized carbons (Fsp3) is 0.545. The fourth-order valence-corrected chi connectivity index (χ4v) is 1.47. The van der Waals surface area contributed by atoms with E-state index in [0.717, 1.165) is 6.54 Å². The highest BCUT2D eigenvalue weighted by Gasteiger charge is 2.07. The van der Waals surface area contributed by atoms with E-state index >= 15 is 0 Å².